The normalized spacial score (nSPS) is 14.1. The van der Waals surface area contributed by atoms with Gasteiger partial charge >= 0.3 is 5.97 Å². The molecule has 0 radical (unpaired) electrons. The van der Waals surface area contributed by atoms with Crippen LogP contribution >= 0.6 is 0 Å². The van der Waals surface area contributed by atoms with Crippen LogP contribution in [0, 0.1) is 11.3 Å². The molecule has 0 saturated heterocycles. The van der Waals surface area contributed by atoms with Gasteiger partial charge in [-0.1, -0.05) is 27.7 Å². The van der Waals surface area contributed by atoms with Crippen molar-refractivity contribution in [1.82, 2.24) is 0 Å². The van der Waals surface area contributed by atoms with E-state index in [9.17, 15) is 4.79 Å². The lowest BCUT2D eigenvalue weighted by atomic mass is 9.80. The van der Waals surface area contributed by atoms with E-state index in [-0.39, 0.29) is 11.4 Å². The van der Waals surface area contributed by atoms with Crippen LogP contribution in [0.25, 0.3) is 0 Å². The highest BCUT2D eigenvalue weighted by atomic mass is 16.5. The fourth-order valence-corrected chi connectivity index (χ4v) is 0.776. The third kappa shape index (κ3) is 4.37. The second-order valence-electron chi connectivity index (χ2n) is 4.28. The van der Waals surface area contributed by atoms with Gasteiger partial charge in [-0.2, -0.15) is 0 Å². The Labute approximate surface area is 75.3 Å². The van der Waals surface area contributed by atoms with Crippen LogP contribution in [-0.2, 0) is 9.53 Å². The molecule has 0 aromatic heterocycles. The molecule has 0 bridgehead atoms. The van der Waals surface area contributed by atoms with Crippen LogP contribution < -0.4 is 0 Å². The number of carbonyl (C=O) groups excluding carboxylic acids is 1. The van der Waals surface area contributed by atoms with Crippen molar-refractivity contribution >= 4 is 5.97 Å². The Morgan fingerprint density at radius 2 is 1.92 bits per heavy atom. The van der Waals surface area contributed by atoms with E-state index in [0.29, 0.717) is 18.9 Å². The Bertz CT molecular complexity index is 144. The number of hydrogen-bond acceptors (Lipinski definition) is 2. The minimum absolute atomic E-state index is 0.0834. The lowest BCUT2D eigenvalue weighted by Crippen LogP contribution is -2.21. The molecular formula is C10H20O2. The zero-order chi connectivity index (χ0) is 9.78. The van der Waals surface area contributed by atoms with Gasteiger partial charge in [0.15, 0.2) is 0 Å². The molecule has 0 saturated carbocycles. The number of rotatable bonds is 3. The van der Waals surface area contributed by atoms with Gasteiger partial charge in [0, 0.05) is 6.42 Å². The summed E-state index contributed by atoms with van der Waals surface area (Å²) in [5.74, 6) is 0.288. The Morgan fingerprint density at radius 3 is 2.25 bits per heavy atom. The van der Waals surface area contributed by atoms with E-state index in [1.54, 1.807) is 0 Å². The molecule has 0 spiro atoms. The predicted octanol–water partition coefficient (Wildman–Crippen LogP) is 2.62. The molecule has 2 nitrogen and oxygen atoms in total. The van der Waals surface area contributed by atoms with Gasteiger partial charge in [0.05, 0.1) is 6.61 Å². The minimum Gasteiger partial charge on any atom is -0.466 e. The van der Waals surface area contributed by atoms with Gasteiger partial charge in [-0.15, -0.1) is 0 Å². The molecule has 0 N–H and O–H groups in total. The summed E-state index contributed by atoms with van der Waals surface area (Å²) in [6.07, 6.45) is 0.525. The Balaban J connectivity index is 3.84. The van der Waals surface area contributed by atoms with Gasteiger partial charge in [-0.05, 0) is 18.3 Å². The highest BCUT2D eigenvalue weighted by Gasteiger charge is 2.22. The molecule has 0 rings (SSSR count). The number of ether oxygens (including phenoxy) is 1. The van der Waals surface area contributed by atoms with E-state index < -0.39 is 0 Å². The van der Waals surface area contributed by atoms with E-state index in [2.05, 4.69) is 27.7 Å². The maximum atomic E-state index is 11.1. The van der Waals surface area contributed by atoms with Crippen molar-refractivity contribution < 1.29 is 9.53 Å². The topological polar surface area (TPSA) is 26.3 Å². The highest BCUT2D eigenvalue weighted by molar-refractivity contribution is 5.69. The lowest BCUT2D eigenvalue weighted by Gasteiger charge is -2.26. The monoisotopic (exact) mass is 172 g/mol. The molecule has 0 aliphatic heterocycles. The zero-order valence-electron chi connectivity index (χ0n) is 8.81. The molecule has 1 atom stereocenters. The highest BCUT2D eigenvalue weighted by Crippen LogP contribution is 2.28. The SMILES string of the molecule is CCOC(=O)C[C@H](C)C(C)(C)C. The molecule has 12 heavy (non-hydrogen) atoms. The molecule has 0 aromatic carbocycles. The molecule has 0 aromatic rings. The van der Waals surface area contributed by atoms with Gasteiger partial charge < -0.3 is 4.74 Å². The Morgan fingerprint density at radius 1 is 1.42 bits per heavy atom. The summed E-state index contributed by atoms with van der Waals surface area (Å²) in [4.78, 5) is 11.1. The molecule has 0 heterocycles. The first-order valence-corrected chi connectivity index (χ1v) is 4.53. The van der Waals surface area contributed by atoms with Crippen molar-refractivity contribution in [2.75, 3.05) is 6.61 Å². The van der Waals surface area contributed by atoms with Crippen LogP contribution in [-0.4, -0.2) is 12.6 Å². The van der Waals surface area contributed by atoms with Gasteiger partial charge in [-0.3, -0.25) is 4.79 Å². The van der Waals surface area contributed by atoms with Crippen LogP contribution in [0.3, 0.4) is 0 Å². The predicted molar refractivity (Wildman–Crippen MR) is 49.9 cm³/mol. The fourth-order valence-electron chi connectivity index (χ4n) is 0.776. The summed E-state index contributed by atoms with van der Waals surface area (Å²) >= 11 is 0. The maximum Gasteiger partial charge on any atom is 0.306 e. The molecule has 0 aliphatic rings. The first kappa shape index (κ1) is 11.5. The smallest absolute Gasteiger partial charge is 0.306 e. The molecule has 2 heteroatoms. The van der Waals surface area contributed by atoms with E-state index >= 15 is 0 Å². The van der Waals surface area contributed by atoms with E-state index in [1.165, 1.54) is 0 Å². The largest absolute Gasteiger partial charge is 0.466 e. The lowest BCUT2D eigenvalue weighted by molar-refractivity contribution is -0.145. The minimum atomic E-state index is -0.0834. The van der Waals surface area contributed by atoms with E-state index in [4.69, 9.17) is 4.74 Å². The summed E-state index contributed by atoms with van der Waals surface area (Å²) in [5, 5.41) is 0. The van der Waals surface area contributed by atoms with Crippen molar-refractivity contribution in [3.8, 4) is 0 Å². The molecular weight excluding hydrogens is 152 g/mol. The fraction of sp³-hybridized carbons (Fsp3) is 0.900. The summed E-state index contributed by atoms with van der Waals surface area (Å²) < 4.78 is 4.87. The second-order valence-corrected chi connectivity index (χ2v) is 4.28. The van der Waals surface area contributed by atoms with Crippen LogP contribution in [0.15, 0.2) is 0 Å². The summed E-state index contributed by atoms with van der Waals surface area (Å²) in [7, 11) is 0. The van der Waals surface area contributed by atoms with Crippen LogP contribution in [0.4, 0.5) is 0 Å². The third-order valence-corrected chi connectivity index (χ3v) is 2.26. The molecule has 0 amide bonds. The first-order valence-electron chi connectivity index (χ1n) is 4.53. The van der Waals surface area contributed by atoms with Crippen LogP contribution in [0.2, 0.25) is 0 Å². The van der Waals surface area contributed by atoms with Crippen molar-refractivity contribution in [3.63, 3.8) is 0 Å². The number of esters is 1. The second kappa shape index (κ2) is 4.48. The van der Waals surface area contributed by atoms with Gasteiger partial charge in [0.25, 0.3) is 0 Å². The first-order chi connectivity index (χ1) is 5.38. The quantitative estimate of drug-likeness (QED) is 0.612. The number of hydrogen-bond donors (Lipinski definition) is 0. The number of carbonyl (C=O) groups is 1. The average Bonchev–Trinajstić information content (AvgIpc) is 1.85. The van der Waals surface area contributed by atoms with Crippen LogP contribution in [0.5, 0.6) is 0 Å². The van der Waals surface area contributed by atoms with Crippen molar-refractivity contribution in [2.45, 2.75) is 41.0 Å². The van der Waals surface area contributed by atoms with E-state index in [1.807, 2.05) is 6.92 Å². The summed E-state index contributed by atoms with van der Waals surface area (Å²) in [6, 6.07) is 0. The third-order valence-electron chi connectivity index (χ3n) is 2.26. The maximum absolute atomic E-state index is 11.1. The Hall–Kier alpha value is -0.530. The summed E-state index contributed by atoms with van der Waals surface area (Å²) in [5.41, 5.74) is 0.187. The average molecular weight is 172 g/mol. The summed E-state index contributed by atoms with van der Waals surface area (Å²) in [6.45, 7) is 10.8. The van der Waals surface area contributed by atoms with Gasteiger partial charge in [0.1, 0.15) is 0 Å². The zero-order valence-corrected chi connectivity index (χ0v) is 8.81. The van der Waals surface area contributed by atoms with Crippen molar-refractivity contribution in [1.29, 1.82) is 0 Å². The molecule has 0 unspecified atom stereocenters. The van der Waals surface area contributed by atoms with E-state index in [0.717, 1.165) is 0 Å². The van der Waals surface area contributed by atoms with Gasteiger partial charge in [-0.25, -0.2) is 0 Å². The Kier molecular flexibility index (Phi) is 4.29. The standard InChI is InChI=1S/C10H20O2/c1-6-12-9(11)7-8(2)10(3,4)5/h8H,6-7H2,1-5H3/t8-/m0/s1. The van der Waals surface area contributed by atoms with Crippen LogP contribution in [0.1, 0.15) is 41.0 Å². The van der Waals surface area contributed by atoms with Gasteiger partial charge in [0.2, 0.25) is 0 Å². The van der Waals surface area contributed by atoms with Crippen molar-refractivity contribution in [2.24, 2.45) is 11.3 Å². The van der Waals surface area contributed by atoms with Crippen molar-refractivity contribution in [3.05, 3.63) is 0 Å². The molecule has 72 valence electrons. The molecule has 0 aliphatic carbocycles. The molecule has 0 fully saturated rings.